The summed E-state index contributed by atoms with van der Waals surface area (Å²) >= 11 is 0. The van der Waals surface area contributed by atoms with Crippen LogP contribution in [0.25, 0.3) is 22.1 Å². The molecule has 2 aromatic carbocycles. The normalized spacial score (nSPS) is 10.9. The Hall–Kier alpha value is -2.06. The molecule has 0 atom stereocenters. The Bertz CT molecular complexity index is 653. The molecule has 2 nitrogen and oxygen atoms in total. The van der Waals surface area contributed by atoms with Gasteiger partial charge in [-0.1, -0.05) is 36.4 Å². The zero-order chi connectivity index (χ0) is 11.7. The van der Waals surface area contributed by atoms with Gasteiger partial charge in [-0.2, -0.15) is 0 Å². The van der Waals surface area contributed by atoms with Gasteiger partial charge < -0.3 is 9.52 Å². The van der Waals surface area contributed by atoms with Gasteiger partial charge in [-0.3, -0.25) is 0 Å². The highest BCUT2D eigenvalue weighted by Crippen LogP contribution is 2.30. The van der Waals surface area contributed by atoms with E-state index in [1.807, 2.05) is 48.5 Å². The lowest BCUT2D eigenvalue weighted by Gasteiger charge is -2.01. The lowest BCUT2D eigenvalue weighted by atomic mass is 10.0. The number of rotatable bonds is 2. The highest BCUT2D eigenvalue weighted by Gasteiger charge is 2.07. The van der Waals surface area contributed by atoms with E-state index in [2.05, 4.69) is 0 Å². The first-order valence-corrected chi connectivity index (χ1v) is 5.55. The highest BCUT2D eigenvalue weighted by molar-refractivity contribution is 5.93. The Morgan fingerprint density at radius 1 is 1.00 bits per heavy atom. The summed E-state index contributed by atoms with van der Waals surface area (Å²) in [5.74, 6) is 0. The molecule has 0 aliphatic heterocycles. The van der Waals surface area contributed by atoms with Crippen LogP contribution in [0.15, 0.2) is 59.2 Å². The molecule has 17 heavy (non-hydrogen) atoms. The smallest absolute Gasteiger partial charge is 0.134 e. The minimum atomic E-state index is 0.0592. The van der Waals surface area contributed by atoms with Crippen LogP contribution in [-0.2, 0) is 6.61 Å². The summed E-state index contributed by atoms with van der Waals surface area (Å²) in [5, 5.41) is 10.2. The number of fused-ring (bicyclic) bond motifs is 1. The third kappa shape index (κ3) is 1.73. The number of hydrogen-bond acceptors (Lipinski definition) is 2. The molecule has 3 aromatic rings. The van der Waals surface area contributed by atoms with E-state index in [-0.39, 0.29) is 6.61 Å². The van der Waals surface area contributed by atoms with E-state index in [1.54, 1.807) is 6.26 Å². The van der Waals surface area contributed by atoms with Crippen molar-refractivity contribution in [2.75, 3.05) is 0 Å². The van der Waals surface area contributed by atoms with Crippen molar-refractivity contribution < 1.29 is 9.52 Å². The molecule has 0 bridgehead atoms. The van der Waals surface area contributed by atoms with E-state index in [4.69, 9.17) is 9.52 Å². The Labute approximate surface area is 99.1 Å². The van der Waals surface area contributed by atoms with Crippen molar-refractivity contribution in [3.05, 3.63) is 60.4 Å². The predicted octanol–water partition coefficient (Wildman–Crippen LogP) is 3.59. The summed E-state index contributed by atoms with van der Waals surface area (Å²) in [6, 6.07) is 15.8. The van der Waals surface area contributed by atoms with Crippen LogP contribution >= 0.6 is 0 Å². The molecule has 0 saturated heterocycles. The average molecular weight is 224 g/mol. The lowest BCUT2D eigenvalue weighted by molar-refractivity contribution is 0.282. The maximum Gasteiger partial charge on any atom is 0.134 e. The first kappa shape index (κ1) is 10.1. The number of benzene rings is 2. The van der Waals surface area contributed by atoms with Crippen LogP contribution in [0.3, 0.4) is 0 Å². The first-order valence-electron chi connectivity index (χ1n) is 5.55. The van der Waals surface area contributed by atoms with Gasteiger partial charge in [-0.25, -0.2) is 0 Å². The molecule has 0 unspecified atom stereocenters. The van der Waals surface area contributed by atoms with Crippen molar-refractivity contribution in [1.82, 2.24) is 0 Å². The molecule has 1 heterocycles. The van der Waals surface area contributed by atoms with Crippen molar-refractivity contribution in [2.45, 2.75) is 6.61 Å². The van der Waals surface area contributed by atoms with E-state index in [0.29, 0.717) is 0 Å². The predicted molar refractivity (Wildman–Crippen MR) is 67.6 cm³/mol. The second-order valence-corrected chi connectivity index (χ2v) is 4.00. The molecule has 84 valence electrons. The van der Waals surface area contributed by atoms with E-state index < -0.39 is 0 Å². The van der Waals surface area contributed by atoms with Gasteiger partial charge in [0.25, 0.3) is 0 Å². The monoisotopic (exact) mass is 224 g/mol. The Kier molecular flexibility index (Phi) is 2.42. The van der Waals surface area contributed by atoms with E-state index in [9.17, 15) is 0 Å². The topological polar surface area (TPSA) is 33.4 Å². The Morgan fingerprint density at radius 2 is 1.88 bits per heavy atom. The molecule has 2 heteroatoms. The maximum absolute atomic E-state index is 9.15. The zero-order valence-electron chi connectivity index (χ0n) is 9.26. The average Bonchev–Trinajstić information content (AvgIpc) is 2.82. The molecule has 0 spiro atoms. The van der Waals surface area contributed by atoms with Gasteiger partial charge in [0.05, 0.1) is 12.9 Å². The summed E-state index contributed by atoms with van der Waals surface area (Å²) in [4.78, 5) is 0. The quantitative estimate of drug-likeness (QED) is 0.721. The fourth-order valence-electron chi connectivity index (χ4n) is 2.04. The van der Waals surface area contributed by atoms with Crippen LogP contribution in [0.5, 0.6) is 0 Å². The second-order valence-electron chi connectivity index (χ2n) is 4.00. The molecule has 0 aliphatic rings. The molecule has 1 aromatic heterocycles. The lowest BCUT2D eigenvalue weighted by Crippen LogP contribution is -1.83. The van der Waals surface area contributed by atoms with Crippen LogP contribution in [-0.4, -0.2) is 5.11 Å². The summed E-state index contributed by atoms with van der Waals surface area (Å²) in [7, 11) is 0. The highest BCUT2D eigenvalue weighted by atomic mass is 16.3. The van der Waals surface area contributed by atoms with Gasteiger partial charge in [0.15, 0.2) is 0 Å². The van der Waals surface area contributed by atoms with Crippen LogP contribution < -0.4 is 0 Å². The molecule has 0 aliphatic carbocycles. The summed E-state index contributed by atoms with van der Waals surface area (Å²) in [6.45, 7) is 0.0592. The van der Waals surface area contributed by atoms with E-state index >= 15 is 0 Å². The number of aliphatic hydroxyl groups is 1. The van der Waals surface area contributed by atoms with Gasteiger partial charge in [0, 0.05) is 10.9 Å². The largest absolute Gasteiger partial charge is 0.464 e. The molecular weight excluding hydrogens is 212 g/mol. The van der Waals surface area contributed by atoms with Crippen LogP contribution in [0, 0.1) is 0 Å². The molecule has 1 N–H and O–H groups in total. The molecule has 0 saturated carbocycles. The van der Waals surface area contributed by atoms with Gasteiger partial charge in [-0.15, -0.1) is 0 Å². The maximum atomic E-state index is 9.15. The summed E-state index contributed by atoms with van der Waals surface area (Å²) < 4.78 is 5.51. The van der Waals surface area contributed by atoms with Gasteiger partial charge in [-0.05, 0) is 23.3 Å². The van der Waals surface area contributed by atoms with Crippen molar-refractivity contribution in [3.63, 3.8) is 0 Å². The number of furan rings is 1. The molecular formula is C15H12O2. The standard InChI is InChI=1S/C15H12O2/c16-9-11-4-3-5-12(8-11)14-10-17-15-7-2-1-6-13(14)15/h1-8,10,16H,9H2. The van der Waals surface area contributed by atoms with Crippen LogP contribution in [0.2, 0.25) is 0 Å². The second kappa shape index (κ2) is 4.07. The van der Waals surface area contributed by atoms with E-state index in [1.165, 1.54) is 0 Å². The third-order valence-corrected chi connectivity index (χ3v) is 2.90. The van der Waals surface area contributed by atoms with Crippen LogP contribution in [0.4, 0.5) is 0 Å². The van der Waals surface area contributed by atoms with Gasteiger partial charge >= 0.3 is 0 Å². The summed E-state index contributed by atoms with van der Waals surface area (Å²) in [5.41, 5.74) is 3.93. The fraction of sp³-hybridized carbons (Fsp3) is 0.0667. The van der Waals surface area contributed by atoms with E-state index in [0.717, 1.165) is 27.7 Å². The van der Waals surface area contributed by atoms with Crippen LogP contribution in [0.1, 0.15) is 5.56 Å². The van der Waals surface area contributed by atoms with Crippen molar-refractivity contribution in [1.29, 1.82) is 0 Å². The fourth-order valence-corrected chi connectivity index (χ4v) is 2.04. The Balaban J connectivity index is 2.20. The van der Waals surface area contributed by atoms with Gasteiger partial charge in [0.1, 0.15) is 5.58 Å². The van der Waals surface area contributed by atoms with Crippen molar-refractivity contribution >= 4 is 11.0 Å². The number of aliphatic hydroxyl groups excluding tert-OH is 1. The first-order chi connectivity index (χ1) is 8.38. The minimum absolute atomic E-state index is 0.0592. The number of para-hydroxylation sites is 1. The zero-order valence-corrected chi connectivity index (χ0v) is 9.26. The molecule has 0 radical (unpaired) electrons. The van der Waals surface area contributed by atoms with Gasteiger partial charge in [0.2, 0.25) is 0 Å². The SMILES string of the molecule is OCc1cccc(-c2coc3ccccc23)c1. The molecule has 0 fully saturated rings. The molecule has 3 rings (SSSR count). The third-order valence-electron chi connectivity index (χ3n) is 2.90. The summed E-state index contributed by atoms with van der Waals surface area (Å²) in [6.07, 6.45) is 1.77. The Morgan fingerprint density at radius 3 is 2.76 bits per heavy atom. The van der Waals surface area contributed by atoms with Crippen molar-refractivity contribution in [2.24, 2.45) is 0 Å². The van der Waals surface area contributed by atoms with Crippen molar-refractivity contribution in [3.8, 4) is 11.1 Å². The molecule has 0 amide bonds. The minimum Gasteiger partial charge on any atom is -0.464 e. The number of hydrogen-bond donors (Lipinski definition) is 1.